The number of allylic oxidation sites excluding steroid dienone is 2. The third-order valence-electron chi connectivity index (χ3n) is 9.87. The maximum absolute atomic E-state index is 14.1. The number of carbonyl (C=O) groups excluding carboxylic acids is 8. The Balaban J connectivity index is 3.94. The molecule has 12 N–H and O–H groups in total. The van der Waals surface area contributed by atoms with Gasteiger partial charge in [-0.25, -0.2) is 14.2 Å². The molecule has 7 amide bonds. The van der Waals surface area contributed by atoms with Crippen LogP contribution in [0.1, 0.15) is 67.7 Å². The van der Waals surface area contributed by atoms with Crippen LogP contribution in [0, 0.1) is 23.7 Å². The summed E-state index contributed by atoms with van der Waals surface area (Å²) in [6.07, 6.45) is -0.290. The minimum Gasteiger partial charge on any atom is -0.460 e. The minimum absolute atomic E-state index is 0.0495. The lowest BCUT2D eigenvalue weighted by Gasteiger charge is -2.37. The number of β-amino-alcohol motifs (C(OH)–C–C–N with tert-alkyl or cyclic N) is 1. The van der Waals surface area contributed by atoms with Gasteiger partial charge in [-0.3, -0.25) is 33.3 Å². The smallest absolute Gasteiger partial charge is 0.460 e. The highest BCUT2D eigenvalue weighted by molar-refractivity contribution is 7.46. The van der Waals surface area contributed by atoms with E-state index >= 15 is 0 Å². The predicted octanol–water partition coefficient (Wildman–Crippen LogP) is -2.02. The maximum atomic E-state index is 14.1. The highest BCUT2D eigenvalue weighted by atomic mass is 31.2. The molecule has 0 aromatic heterocycles. The van der Waals surface area contributed by atoms with E-state index in [2.05, 4.69) is 25.8 Å². The number of ether oxygens (including phenoxy) is 2. The number of rotatable bonds is 11. The van der Waals surface area contributed by atoms with Gasteiger partial charge in [0.05, 0.1) is 25.2 Å². The number of nitrogens with two attached hydrogens (primary N) is 2. The Kier molecular flexibility index (Phi) is 22.3. The average Bonchev–Trinajstić information content (AvgIpc) is 3.16. The second-order valence-electron chi connectivity index (χ2n) is 15.2. The summed E-state index contributed by atoms with van der Waals surface area (Å²) < 4.78 is 27.2. The van der Waals surface area contributed by atoms with E-state index in [1.54, 1.807) is 26.8 Å². The van der Waals surface area contributed by atoms with Crippen molar-refractivity contribution >= 4 is 55.3 Å². The normalized spacial score (nSPS) is 28.8. The third kappa shape index (κ3) is 17.9. The molecule has 61 heavy (non-hydrogen) atoms. The van der Waals surface area contributed by atoms with Crippen LogP contribution < -0.4 is 32.7 Å². The Labute approximate surface area is 353 Å². The van der Waals surface area contributed by atoms with Gasteiger partial charge in [0.15, 0.2) is 0 Å². The number of esters is 1. The summed E-state index contributed by atoms with van der Waals surface area (Å²) in [6.45, 7) is 8.85. The Hall–Kier alpha value is -4.93. The van der Waals surface area contributed by atoms with Crippen molar-refractivity contribution < 1.29 is 76.9 Å². The molecule has 3 unspecified atom stereocenters. The van der Waals surface area contributed by atoms with Crippen LogP contribution in [-0.4, -0.2) is 141 Å². The minimum atomic E-state index is -5.33. The summed E-state index contributed by atoms with van der Waals surface area (Å²) in [5.74, 6) is -11.2. The summed E-state index contributed by atoms with van der Waals surface area (Å²) in [6, 6.07) is -7.40. The predicted molar refractivity (Wildman–Crippen MR) is 215 cm³/mol. The van der Waals surface area contributed by atoms with Crippen molar-refractivity contribution in [2.24, 2.45) is 35.1 Å². The standard InChI is InChI=1S/C37H62N7O16P/c1-9-13-19(4)30-20(5)24(45)14-11-10-12-15-26(47)40-16-25(46)32(49)43-28(22(7)59-37(39)54)34(51)42-27(21(6)31(38)48)33(50)41-23(17-58-61(55,56)57)35(52)44(8)29(18(2)3)36(53)60-30/h10-12,15,18-25,27-30,45-46H,9,13-14,16-17H2,1-8H3,(H2,38,48)(H2,39,54)(H,40,47)(H,41,50)(H,42,51)(H,43,49)(H2,55,56,57)/b11-10+,15-12+/t19-,20-,21+,22?,23?,24+,25-,27+,28-,29+,30?/m1/s1. The molecule has 0 saturated heterocycles. The molecule has 0 aromatic rings. The van der Waals surface area contributed by atoms with Gasteiger partial charge in [-0.15, -0.1) is 0 Å². The van der Waals surface area contributed by atoms with Crippen LogP contribution >= 0.6 is 7.82 Å². The van der Waals surface area contributed by atoms with Gasteiger partial charge >= 0.3 is 19.9 Å². The first-order valence-electron chi connectivity index (χ1n) is 19.5. The molecule has 1 rings (SSSR count). The van der Waals surface area contributed by atoms with Gasteiger partial charge in [0.2, 0.25) is 29.5 Å². The zero-order valence-corrected chi connectivity index (χ0v) is 36.4. The highest BCUT2D eigenvalue weighted by Crippen LogP contribution is 2.36. The molecule has 23 nitrogen and oxygen atoms in total. The number of phosphoric acid groups is 1. The van der Waals surface area contributed by atoms with Gasteiger partial charge in [0.25, 0.3) is 5.91 Å². The van der Waals surface area contributed by atoms with Crippen LogP contribution in [0.15, 0.2) is 24.3 Å². The number of hydrogen-bond acceptors (Lipinski definition) is 14. The van der Waals surface area contributed by atoms with Crippen LogP contribution in [-0.2, 0) is 52.1 Å². The van der Waals surface area contributed by atoms with Crippen molar-refractivity contribution in [1.82, 2.24) is 26.2 Å². The lowest BCUT2D eigenvalue weighted by atomic mass is 9.85. The number of hydrogen-bond donors (Lipinski definition) is 10. The van der Waals surface area contributed by atoms with Crippen LogP contribution in [0.2, 0.25) is 0 Å². The highest BCUT2D eigenvalue weighted by Gasteiger charge is 2.42. The number of likely N-dealkylation sites (N-methyl/N-ethyl adjacent to an activating group) is 1. The fourth-order valence-corrected chi connectivity index (χ4v) is 6.72. The fraction of sp³-hybridized carbons (Fsp3) is 0.676. The fourth-order valence-electron chi connectivity index (χ4n) is 6.38. The van der Waals surface area contributed by atoms with Gasteiger partial charge in [-0.05, 0) is 31.6 Å². The Morgan fingerprint density at radius 1 is 0.951 bits per heavy atom. The molecule has 24 heteroatoms. The van der Waals surface area contributed by atoms with E-state index in [-0.39, 0.29) is 12.3 Å². The van der Waals surface area contributed by atoms with Gasteiger partial charge < -0.3 is 67.1 Å². The first-order valence-corrected chi connectivity index (χ1v) is 21.1. The SMILES string of the molecule is CCC[C@@H](C)C1OC(=O)[C@H](C(C)C)N(C)C(=O)C(COP(=O)(O)O)NC(=O)[C@H]([C@H](C)C(N)=O)NC(=O)[C@@H](C(C)OC(N)=O)NC(=O)[C@H](O)CNC(=O)/C=C/C=C/C[C@H](O)[C@H]1C. The summed E-state index contributed by atoms with van der Waals surface area (Å²) in [5, 5.41) is 30.4. The van der Waals surface area contributed by atoms with E-state index in [0.717, 1.165) is 31.9 Å². The molecule has 0 aliphatic carbocycles. The number of carbonyl (C=O) groups is 8. The Morgan fingerprint density at radius 2 is 1.54 bits per heavy atom. The summed E-state index contributed by atoms with van der Waals surface area (Å²) >= 11 is 0. The lowest BCUT2D eigenvalue weighted by molar-refractivity contribution is -0.169. The molecular formula is C37H62N7O16P. The number of phosphoric ester groups is 1. The monoisotopic (exact) mass is 891 g/mol. The van der Waals surface area contributed by atoms with E-state index in [1.807, 2.05) is 13.8 Å². The third-order valence-corrected chi connectivity index (χ3v) is 10.4. The van der Waals surface area contributed by atoms with Crippen LogP contribution in [0.4, 0.5) is 4.79 Å². The van der Waals surface area contributed by atoms with Crippen molar-refractivity contribution in [3.63, 3.8) is 0 Å². The summed E-state index contributed by atoms with van der Waals surface area (Å²) in [4.78, 5) is 125. The van der Waals surface area contributed by atoms with E-state index in [0.29, 0.717) is 12.8 Å². The molecule has 1 aliphatic rings. The second kappa shape index (κ2) is 25.1. The molecule has 0 bridgehead atoms. The molecule has 0 saturated carbocycles. The quantitative estimate of drug-likeness (QED) is 0.0790. The number of nitrogens with one attached hydrogen (secondary N) is 4. The topological polar surface area (TPSA) is 366 Å². The number of cyclic esters (lactones) is 1. The molecule has 1 heterocycles. The zero-order chi connectivity index (χ0) is 46.9. The first kappa shape index (κ1) is 54.1. The van der Waals surface area contributed by atoms with Crippen molar-refractivity contribution in [2.75, 3.05) is 20.2 Å². The number of aliphatic hydroxyl groups excluding tert-OH is 2. The molecule has 11 atom stereocenters. The number of aliphatic hydroxyl groups is 2. The number of nitrogens with zero attached hydrogens (tertiary/aromatic N) is 1. The van der Waals surface area contributed by atoms with E-state index in [1.165, 1.54) is 12.2 Å². The number of amides is 7. The van der Waals surface area contributed by atoms with E-state index in [4.69, 9.17) is 20.9 Å². The second-order valence-corrected chi connectivity index (χ2v) is 16.4. The van der Waals surface area contributed by atoms with E-state index < -0.39 is 135 Å². The average molecular weight is 892 g/mol. The summed E-state index contributed by atoms with van der Waals surface area (Å²) in [5.41, 5.74) is 10.6. The maximum Gasteiger partial charge on any atom is 0.469 e. The van der Waals surface area contributed by atoms with Crippen molar-refractivity contribution in [1.29, 1.82) is 0 Å². The van der Waals surface area contributed by atoms with Crippen molar-refractivity contribution in [3.05, 3.63) is 24.3 Å². The van der Waals surface area contributed by atoms with Gasteiger partial charge in [0.1, 0.15) is 42.5 Å². The van der Waals surface area contributed by atoms with Crippen LogP contribution in [0.25, 0.3) is 0 Å². The molecule has 346 valence electrons. The van der Waals surface area contributed by atoms with Gasteiger partial charge in [0, 0.05) is 19.0 Å². The number of primary amides is 2. The molecule has 0 aromatic carbocycles. The van der Waals surface area contributed by atoms with Crippen LogP contribution in [0.5, 0.6) is 0 Å². The molecule has 0 spiro atoms. The van der Waals surface area contributed by atoms with Gasteiger partial charge in [-0.1, -0.05) is 66.2 Å². The van der Waals surface area contributed by atoms with Crippen molar-refractivity contribution in [3.8, 4) is 0 Å². The van der Waals surface area contributed by atoms with Crippen molar-refractivity contribution in [2.45, 2.75) is 116 Å². The molecule has 0 radical (unpaired) electrons. The largest absolute Gasteiger partial charge is 0.469 e. The zero-order valence-electron chi connectivity index (χ0n) is 35.5. The molecule has 1 aliphatic heterocycles. The molecule has 0 fully saturated rings. The Bertz CT molecular complexity index is 1670. The molecular weight excluding hydrogens is 829 g/mol. The lowest BCUT2D eigenvalue weighted by Crippen LogP contribution is -2.63. The van der Waals surface area contributed by atoms with Gasteiger partial charge in [-0.2, -0.15) is 0 Å². The first-order chi connectivity index (χ1) is 28.2. The summed E-state index contributed by atoms with van der Waals surface area (Å²) in [7, 11) is -4.17. The van der Waals surface area contributed by atoms with E-state index in [9.17, 15) is 62.9 Å². The van der Waals surface area contributed by atoms with Crippen LogP contribution in [0.3, 0.4) is 0 Å². The Morgan fingerprint density at radius 3 is 2.08 bits per heavy atom.